The van der Waals surface area contributed by atoms with Gasteiger partial charge in [-0.3, -0.25) is 0 Å². The standard InChI is InChI=1S/C12H17Br2F2NOS/c1-2-4-17-9(3-5-18-7-11(15)16)10-6-8(13)12(14)19-10/h6,9,11,17H,2-5,7H2,1H3. The first-order valence-corrected chi connectivity index (χ1v) is 8.48. The fraction of sp³-hybridized carbons (Fsp3) is 0.667. The van der Waals surface area contributed by atoms with Gasteiger partial charge >= 0.3 is 0 Å². The van der Waals surface area contributed by atoms with Crippen molar-refractivity contribution in [1.29, 1.82) is 0 Å². The number of hydrogen-bond acceptors (Lipinski definition) is 3. The van der Waals surface area contributed by atoms with Crippen LogP contribution in [0.2, 0.25) is 0 Å². The van der Waals surface area contributed by atoms with Crippen LogP contribution in [0.4, 0.5) is 8.78 Å². The average molecular weight is 421 g/mol. The van der Waals surface area contributed by atoms with Crippen molar-refractivity contribution >= 4 is 43.2 Å². The molecule has 1 atom stereocenters. The summed E-state index contributed by atoms with van der Waals surface area (Å²) in [7, 11) is 0. The van der Waals surface area contributed by atoms with E-state index in [1.165, 1.54) is 4.88 Å². The molecule has 0 fully saturated rings. The van der Waals surface area contributed by atoms with E-state index in [1.807, 2.05) is 0 Å². The van der Waals surface area contributed by atoms with Gasteiger partial charge in [0.05, 0.1) is 3.79 Å². The zero-order valence-electron chi connectivity index (χ0n) is 10.6. The summed E-state index contributed by atoms with van der Waals surface area (Å²) in [6.45, 7) is 2.83. The Balaban J connectivity index is 2.51. The lowest BCUT2D eigenvalue weighted by Gasteiger charge is -2.17. The quantitative estimate of drug-likeness (QED) is 0.568. The van der Waals surface area contributed by atoms with Crippen LogP contribution in [0, 0.1) is 0 Å². The van der Waals surface area contributed by atoms with E-state index in [9.17, 15) is 8.78 Å². The van der Waals surface area contributed by atoms with Crippen molar-refractivity contribution < 1.29 is 13.5 Å². The zero-order valence-corrected chi connectivity index (χ0v) is 14.6. The molecule has 0 aliphatic carbocycles. The van der Waals surface area contributed by atoms with Gasteiger partial charge in [0.2, 0.25) is 0 Å². The molecule has 0 bridgehead atoms. The maximum Gasteiger partial charge on any atom is 0.261 e. The van der Waals surface area contributed by atoms with Gasteiger partial charge in [0.25, 0.3) is 6.43 Å². The molecule has 2 nitrogen and oxygen atoms in total. The third-order valence-corrected chi connectivity index (χ3v) is 5.81. The van der Waals surface area contributed by atoms with E-state index in [2.05, 4.69) is 50.2 Å². The predicted octanol–water partition coefficient (Wildman–Crippen LogP) is 4.99. The largest absolute Gasteiger partial charge is 0.375 e. The molecule has 1 unspecified atom stereocenters. The van der Waals surface area contributed by atoms with Crippen LogP contribution in [-0.2, 0) is 4.74 Å². The van der Waals surface area contributed by atoms with Crippen molar-refractivity contribution in [3.05, 3.63) is 19.2 Å². The van der Waals surface area contributed by atoms with E-state index in [-0.39, 0.29) is 6.04 Å². The Labute approximate surface area is 133 Å². The van der Waals surface area contributed by atoms with E-state index in [0.29, 0.717) is 13.0 Å². The molecule has 1 N–H and O–H groups in total. The number of thiophene rings is 1. The van der Waals surface area contributed by atoms with Crippen molar-refractivity contribution in [3.8, 4) is 0 Å². The fourth-order valence-electron chi connectivity index (χ4n) is 1.57. The van der Waals surface area contributed by atoms with Crippen molar-refractivity contribution in [3.63, 3.8) is 0 Å². The predicted molar refractivity (Wildman–Crippen MR) is 82.2 cm³/mol. The lowest BCUT2D eigenvalue weighted by atomic mass is 10.1. The Hall–Kier alpha value is 0.440. The number of ether oxygens (including phenoxy) is 1. The minimum Gasteiger partial charge on any atom is -0.375 e. The number of alkyl halides is 2. The lowest BCUT2D eigenvalue weighted by molar-refractivity contribution is 0.0144. The Kier molecular flexibility index (Phi) is 8.64. The van der Waals surface area contributed by atoms with Crippen LogP contribution in [0.5, 0.6) is 0 Å². The molecule has 0 saturated heterocycles. The monoisotopic (exact) mass is 419 g/mol. The Morgan fingerprint density at radius 2 is 2.16 bits per heavy atom. The Morgan fingerprint density at radius 3 is 2.68 bits per heavy atom. The smallest absolute Gasteiger partial charge is 0.261 e. The van der Waals surface area contributed by atoms with Crippen molar-refractivity contribution in [2.24, 2.45) is 0 Å². The second-order valence-electron chi connectivity index (χ2n) is 4.03. The van der Waals surface area contributed by atoms with E-state index in [1.54, 1.807) is 11.3 Å². The third-order valence-electron chi connectivity index (χ3n) is 2.44. The molecule has 1 aromatic heterocycles. The summed E-state index contributed by atoms with van der Waals surface area (Å²) in [5.74, 6) is 0. The molecular formula is C12H17Br2F2NOS. The fourth-order valence-corrected chi connectivity index (χ4v) is 3.77. The summed E-state index contributed by atoms with van der Waals surface area (Å²) in [5, 5.41) is 3.42. The molecule has 0 radical (unpaired) electrons. The average Bonchev–Trinajstić information content (AvgIpc) is 2.68. The number of hydrogen-bond donors (Lipinski definition) is 1. The highest BCUT2D eigenvalue weighted by Gasteiger charge is 2.15. The Morgan fingerprint density at radius 1 is 1.42 bits per heavy atom. The van der Waals surface area contributed by atoms with E-state index < -0.39 is 13.0 Å². The van der Waals surface area contributed by atoms with Crippen molar-refractivity contribution in [2.75, 3.05) is 19.8 Å². The normalized spacial score (nSPS) is 13.2. The number of nitrogens with one attached hydrogen (secondary N) is 1. The molecule has 0 aliphatic heterocycles. The van der Waals surface area contributed by atoms with Gasteiger partial charge in [-0.15, -0.1) is 11.3 Å². The highest BCUT2D eigenvalue weighted by Crippen LogP contribution is 2.36. The summed E-state index contributed by atoms with van der Waals surface area (Å²) in [6.07, 6.45) is -0.680. The van der Waals surface area contributed by atoms with Gasteiger partial charge in [0, 0.05) is 22.0 Å². The highest BCUT2D eigenvalue weighted by molar-refractivity contribution is 9.13. The van der Waals surface area contributed by atoms with Crippen molar-refractivity contribution in [1.82, 2.24) is 5.32 Å². The zero-order chi connectivity index (χ0) is 14.3. The summed E-state index contributed by atoms with van der Waals surface area (Å²) in [4.78, 5) is 1.17. The van der Waals surface area contributed by atoms with E-state index in [4.69, 9.17) is 4.74 Å². The molecule has 0 amide bonds. The van der Waals surface area contributed by atoms with E-state index >= 15 is 0 Å². The highest BCUT2D eigenvalue weighted by atomic mass is 79.9. The number of rotatable bonds is 9. The molecule has 110 valence electrons. The molecule has 1 heterocycles. The molecule has 1 aromatic rings. The van der Waals surface area contributed by atoms with Gasteiger partial charge in [0.1, 0.15) is 6.61 Å². The molecule has 0 spiro atoms. The van der Waals surface area contributed by atoms with E-state index in [0.717, 1.165) is 21.2 Å². The maximum atomic E-state index is 12.0. The maximum absolute atomic E-state index is 12.0. The van der Waals surface area contributed by atoms with Gasteiger partial charge in [-0.05, 0) is 57.3 Å². The van der Waals surface area contributed by atoms with Gasteiger partial charge in [-0.25, -0.2) is 8.78 Å². The van der Waals surface area contributed by atoms with Crippen LogP contribution in [0.25, 0.3) is 0 Å². The Bertz CT molecular complexity index is 357. The van der Waals surface area contributed by atoms with Gasteiger partial charge < -0.3 is 10.1 Å². The molecule has 0 aliphatic rings. The third kappa shape index (κ3) is 6.62. The molecular weight excluding hydrogens is 404 g/mol. The molecule has 0 aromatic carbocycles. The second kappa shape index (κ2) is 9.39. The summed E-state index contributed by atoms with van der Waals surface area (Å²) in [6, 6.07) is 2.19. The van der Waals surface area contributed by atoms with Gasteiger partial charge in [0.15, 0.2) is 0 Å². The lowest BCUT2D eigenvalue weighted by Crippen LogP contribution is -2.23. The molecule has 7 heteroatoms. The molecule has 19 heavy (non-hydrogen) atoms. The first-order chi connectivity index (χ1) is 9.04. The second-order valence-corrected chi connectivity index (χ2v) is 7.29. The molecule has 0 saturated carbocycles. The van der Waals surface area contributed by atoms with Gasteiger partial charge in [-0.1, -0.05) is 6.92 Å². The van der Waals surface area contributed by atoms with Crippen LogP contribution in [-0.4, -0.2) is 26.2 Å². The van der Waals surface area contributed by atoms with Crippen molar-refractivity contribution in [2.45, 2.75) is 32.2 Å². The van der Waals surface area contributed by atoms with Crippen LogP contribution in [0.3, 0.4) is 0 Å². The van der Waals surface area contributed by atoms with Crippen LogP contribution in [0.1, 0.15) is 30.7 Å². The van der Waals surface area contributed by atoms with Crippen LogP contribution >= 0.6 is 43.2 Å². The first-order valence-electron chi connectivity index (χ1n) is 6.08. The summed E-state index contributed by atoms with van der Waals surface area (Å²) < 4.78 is 31.0. The van der Waals surface area contributed by atoms with Crippen LogP contribution < -0.4 is 5.32 Å². The minimum atomic E-state index is -2.40. The van der Waals surface area contributed by atoms with Crippen LogP contribution in [0.15, 0.2) is 14.3 Å². The number of halogens is 4. The topological polar surface area (TPSA) is 21.3 Å². The summed E-state index contributed by atoms with van der Waals surface area (Å²) in [5.41, 5.74) is 0. The summed E-state index contributed by atoms with van der Waals surface area (Å²) >= 11 is 8.57. The first kappa shape index (κ1) is 17.5. The molecule has 1 rings (SSSR count). The minimum absolute atomic E-state index is 0.144. The van der Waals surface area contributed by atoms with Gasteiger partial charge in [-0.2, -0.15) is 0 Å². The SMILES string of the molecule is CCCNC(CCOCC(F)F)c1cc(Br)c(Br)s1.